The van der Waals surface area contributed by atoms with Crippen LogP contribution in [-0.2, 0) is 6.54 Å². The molecule has 1 aromatic carbocycles. The number of aromatic nitrogens is 2. The standard InChI is InChI=1S/C18H21N3OS/c1-13(19-10-15-8-9-23-12-15)18-11-20-21(14(18)2)16-4-6-17(22-3)7-5-16/h4-9,11-13,19H,10H2,1-3H3/t13-/m0/s1. The van der Waals surface area contributed by atoms with Crippen molar-refractivity contribution in [3.63, 3.8) is 0 Å². The van der Waals surface area contributed by atoms with Gasteiger partial charge in [-0.25, -0.2) is 4.68 Å². The number of hydrogen-bond donors (Lipinski definition) is 1. The lowest BCUT2D eigenvalue weighted by atomic mass is 10.1. The molecule has 0 radical (unpaired) electrons. The number of ether oxygens (including phenoxy) is 1. The van der Waals surface area contributed by atoms with E-state index in [4.69, 9.17) is 4.74 Å². The van der Waals surface area contributed by atoms with Crippen molar-refractivity contribution in [2.45, 2.75) is 26.4 Å². The van der Waals surface area contributed by atoms with Crippen LogP contribution in [0, 0.1) is 6.92 Å². The maximum atomic E-state index is 5.21. The van der Waals surface area contributed by atoms with E-state index in [0.29, 0.717) is 0 Å². The molecule has 2 aromatic heterocycles. The Hall–Kier alpha value is -2.11. The van der Waals surface area contributed by atoms with Crippen molar-refractivity contribution in [1.82, 2.24) is 15.1 Å². The molecular formula is C18H21N3OS. The van der Waals surface area contributed by atoms with Crippen molar-refractivity contribution in [1.29, 1.82) is 0 Å². The van der Waals surface area contributed by atoms with Gasteiger partial charge in [0, 0.05) is 23.8 Å². The monoisotopic (exact) mass is 327 g/mol. The summed E-state index contributed by atoms with van der Waals surface area (Å²) in [5.74, 6) is 0.851. The van der Waals surface area contributed by atoms with Crippen LogP contribution in [0.15, 0.2) is 47.3 Å². The fourth-order valence-corrected chi connectivity index (χ4v) is 3.27. The molecule has 0 fully saturated rings. The van der Waals surface area contributed by atoms with Gasteiger partial charge in [-0.1, -0.05) is 0 Å². The maximum absolute atomic E-state index is 5.21. The Morgan fingerprint density at radius 2 is 2.04 bits per heavy atom. The zero-order valence-electron chi connectivity index (χ0n) is 13.6. The molecule has 3 aromatic rings. The predicted molar refractivity (Wildman–Crippen MR) is 94.4 cm³/mol. The number of methoxy groups -OCH3 is 1. The van der Waals surface area contributed by atoms with Gasteiger partial charge in [0.2, 0.25) is 0 Å². The third-order valence-electron chi connectivity index (χ3n) is 4.02. The van der Waals surface area contributed by atoms with Crippen LogP contribution in [0.4, 0.5) is 0 Å². The highest BCUT2D eigenvalue weighted by molar-refractivity contribution is 7.07. The lowest BCUT2D eigenvalue weighted by Crippen LogP contribution is -2.18. The largest absolute Gasteiger partial charge is 0.497 e. The van der Waals surface area contributed by atoms with Crippen LogP contribution in [0.3, 0.4) is 0 Å². The molecule has 5 heteroatoms. The molecule has 23 heavy (non-hydrogen) atoms. The normalized spacial score (nSPS) is 12.3. The van der Waals surface area contributed by atoms with Crippen LogP contribution in [-0.4, -0.2) is 16.9 Å². The van der Waals surface area contributed by atoms with E-state index in [2.05, 4.69) is 41.1 Å². The van der Waals surface area contributed by atoms with E-state index in [0.717, 1.165) is 23.7 Å². The van der Waals surface area contributed by atoms with Gasteiger partial charge in [0.05, 0.1) is 19.0 Å². The molecule has 3 rings (SSSR count). The van der Waals surface area contributed by atoms with E-state index in [1.807, 2.05) is 35.1 Å². The highest BCUT2D eigenvalue weighted by Gasteiger charge is 2.14. The number of thiophene rings is 1. The van der Waals surface area contributed by atoms with Crippen LogP contribution in [0.1, 0.15) is 29.8 Å². The Morgan fingerprint density at radius 3 is 2.70 bits per heavy atom. The van der Waals surface area contributed by atoms with Crippen LogP contribution in [0.25, 0.3) is 5.69 Å². The van der Waals surface area contributed by atoms with Gasteiger partial charge in [-0.3, -0.25) is 0 Å². The summed E-state index contributed by atoms with van der Waals surface area (Å²) >= 11 is 1.73. The number of nitrogens with one attached hydrogen (secondary N) is 1. The number of hydrogen-bond acceptors (Lipinski definition) is 4. The molecule has 2 heterocycles. The van der Waals surface area contributed by atoms with Crippen molar-refractivity contribution < 1.29 is 4.74 Å². The third-order valence-corrected chi connectivity index (χ3v) is 4.76. The van der Waals surface area contributed by atoms with E-state index < -0.39 is 0 Å². The molecule has 0 bridgehead atoms. The highest BCUT2D eigenvalue weighted by Crippen LogP contribution is 2.22. The zero-order valence-corrected chi connectivity index (χ0v) is 14.4. The van der Waals surface area contributed by atoms with E-state index in [-0.39, 0.29) is 6.04 Å². The molecule has 0 amide bonds. The Kier molecular flexibility index (Phi) is 4.79. The minimum absolute atomic E-state index is 0.252. The lowest BCUT2D eigenvalue weighted by molar-refractivity contribution is 0.414. The average molecular weight is 327 g/mol. The van der Waals surface area contributed by atoms with Gasteiger partial charge in [-0.05, 0) is 60.5 Å². The van der Waals surface area contributed by atoms with E-state index >= 15 is 0 Å². The van der Waals surface area contributed by atoms with E-state index in [1.165, 1.54) is 11.1 Å². The minimum Gasteiger partial charge on any atom is -0.497 e. The number of nitrogens with zero attached hydrogens (tertiary/aromatic N) is 2. The Bertz CT molecular complexity index is 747. The highest BCUT2D eigenvalue weighted by atomic mass is 32.1. The molecule has 120 valence electrons. The van der Waals surface area contributed by atoms with Crippen LogP contribution < -0.4 is 10.1 Å². The lowest BCUT2D eigenvalue weighted by Gasteiger charge is -2.13. The molecular weight excluding hydrogens is 306 g/mol. The second-order valence-corrected chi connectivity index (χ2v) is 6.31. The van der Waals surface area contributed by atoms with Crippen molar-refractivity contribution in [2.24, 2.45) is 0 Å². The summed E-state index contributed by atoms with van der Waals surface area (Å²) in [4.78, 5) is 0. The first-order valence-electron chi connectivity index (χ1n) is 7.62. The fraction of sp³-hybridized carbons (Fsp3) is 0.278. The summed E-state index contributed by atoms with van der Waals surface area (Å²) < 4.78 is 7.18. The molecule has 0 aliphatic rings. The topological polar surface area (TPSA) is 39.1 Å². The third kappa shape index (κ3) is 3.46. The van der Waals surface area contributed by atoms with Crippen LogP contribution in [0.2, 0.25) is 0 Å². The summed E-state index contributed by atoms with van der Waals surface area (Å²) in [5.41, 5.74) is 4.73. The van der Waals surface area contributed by atoms with Gasteiger partial charge in [-0.2, -0.15) is 16.4 Å². The van der Waals surface area contributed by atoms with E-state index in [9.17, 15) is 0 Å². The Morgan fingerprint density at radius 1 is 1.26 bits per heavy atom. The van der Waals surface area contributed by atoms with Crippen LogP contribution in [0.5, 0.6) is 5.75 Å². The Balaban J connectivity index is 1.75. The minimum atomic E-state index is 0.252. The summed E-state index contributed by atoms with van der Waals surface area (Å²) in [6.07, 6.45) is 1.95. The first kappa shape index (κ1) is 15.8. The quantitative estimate of drug-likeness (QED) is 0.741. The SMILES string of the molecule is COc1ccc(-n2ncc([C@H](C)NCc3ccsc3)c2C)cc1. The summed E-state index contributed by atoms with van der Waals surface area (Å²) in [6.45, 7) is 5.15. The maximum Gasteiger partial charge on any atom is 0.119 e. The fourth-order valence-electron chi connectivity index (χ4n) is 2.61. The molecule has 0 spiro atoms. The number of benzene rings is 1. The van der Waals surface area contributed by atoms with Gasteiger partial charge in [-0.15, -0.1) is 0 Å². The molecule has 0 aliphatic carbocycles. The molecule has 0 unspecified atom stereocenters. The molecule has 0 aliphatic heterocycles. The van der Waals surface area contributed by atoms with Gasteiger partial charge < -0.3 is 10.1 Å². The summed E-state index contributed by atoms with van der Waals surface area (Å²) in [7, 11) is 1.67. The van der Waals surface area contributed by atoms with Crippen LogP contribution >= 0.6 is 11.3 Å². The molecule has 1 N–H and O–H groups in total. The van der Waals surface area contributed by atoms with E-state index in [1.54, 1.807) is 18.4 Å². The first-order valence-corrected chi connectivity index (χ1v) is 8.56. The molecule has 1 atom stereocenters. The smallest absolute Gasteiger partial charge is 0.119 e. The van der Waals surface area contributed by atoms with Crippen molar-refractivity contribution in [3.05, 3.63) is 64.1 Å². The van der Waals surface area contributed by atoms with Crippen molar-refractivity contribution in [3.8, 4) is 11.4 Å². The van der Waals surface area contributed by atoms with Gasteiger partial charge in [0.1, 0.15) is 5.75 Å². The number of rotatable bonds is 6. The van der Waals surface area contributed by atoms with Gasteiger partial charge in [0.15, 0.2) is 0 Å². The molecule has 0 saturated carbocycles. The second kappa shape index (κ2) is 6.98. The zero-order chi connectivity index (χ0) is 16.2. The molecule has 4 nitrogen and oxygen atoms in total. The van der Waals surface area contributed by atoms with Gasteiger partial charge >= 0.3 is 0 Å². The Labute approximate surface area is 140 Å². The van der Waals surface area contributed by atoms with Crippen molar-refractivity contribution >= 4 is 11.3 Å². The van der Waals surface area contributed by atoms with Gasteiger partial charge in [0.25, 0.3) is 0 Å². The van der Waals surface area contributed by atoms with Crippen molar-refractivity contribution in [2.75, 3.05) is 7.11 Å². The summed E-state index contributed by atoms with van der Waals surface area (Å²) in [6, 6.07) is 10.3. The summed E-state index contributed by atoms with van der Waals surface area (Å²) in [5, 5.41) is 12.4. The second-order valence-electron chi connectivity index (χ2n) is 5.53. The molecule has 0 saturated heterocycles. The predicted octanol–water partition coefficient (Wildman–Crippen LogP) is 4.10. The average Bonchev–Trinajstić information content (AvgIpc) is 3.22. The first-order chi connectivity index (χ1) is 11.2.